The predicted octanol–water partition coefficient (Wildman–Crippen LogP) is 3.56. The minimum Gasteiger partial charge on any atom is -0.459 e. The number of hydrogen-bond donors (Lipinski definition) is 2. The summed E-state index contributed by atoms with van der Waals surface area (Å²) in [5.41, 5.74) is 2.09. The van der Waals surface area contributed by atoms with Gasteiger partial charge >= 0.3 is 12.0 Å². The number of benzene rings is 1. The van der Waals surface area contributed by atoms with Crippen molar-refractivity contribution in [1.29, 1.82) is 0 Å². The third-order valence-corrected chi connectivity index (χ3v) is 4.52. The van der Waals surface area contributed by atoms with Crippen LogP contribution in [0.1, 0.15) is 46.2 Å². The van der Waals surface area contributed by atoms with Crippen molar-refractivity contribution in [1.82, 2.24) is 10.2 Å². The zero-order chi connectivity index (χ0) is 21.0. The van der Waals surface area contributed by atoms with Crippen molar-refractivity contribution in [3.63, 3.8) is 0 Å². The number of ether oxygens (including phenoxy) is 1. The maximum Gasteiger partial charge on any atom is 0.338 e. The Morgan fingerprint density at radius 2 is 2.00 bits per heavy atom. The highest BCUT2D eigenvalue weighted by Crippen LogP contribution is 2.32. The van der Waals surface area contributed by atoms with Crippen molar-refractivity contribution < 1.29 is 19.1 Å². The molecule has 28 heavy (non-hydrogen) atoms. The van der Waals surface area contributed by atoms with Crippen molar-refractivity contribution in [3.05, 3.63) is 41.1 Å². The first kappa shape index (κ1) is 21.8. The lowest BCUT2D eigenvalue weighted by atomic mass is 9.94. The van der Waals surface area contributed by atoms with E-state index in [1.807, 2.05) is 6.92 Å². The van der Waals surface area contributed by atoms with Crippen molar-refractivity contribution >= 4 is 35.2 Å². The number of nitrogens with zero attached hydrogens (tertiary/aromatic N) is 1. The highest BCUT2D eigenvalue weighted by atomic mass is 35.5. The van der Waals surface area contributed by atoms with Gasteiger partial charge in [0, 0.05) is 17.9 Å². The van der Waals surface area contributed by atoms with E-state index in [9.17, 15) is 14.4 Å². The number of nitrogens with one attached hydrogen (secondary N) is 2. The van der Waals surface area contributed by atoms with Gasteiger partial charge in [0.1, 0.15) is 5.38 Å². The van der Waals surface area contributed by atoms with Crippen LogP contribution in [0.4, 0.5) is 10.5 Å². The van der Waals surface area contributed by atoms with Gasteiger partial charge in [-0.05, 0) is 52.3 Å². The Hall–Kier alpha value is -2.54. The van der Waals surface area contributed by atoms with Crippen LogP contribution in [-0.4, -0.2) is 40.8 Å². The van der Waals surface area contributed by atoms with E-state index < -0.39 is 17.4 Å². The van der Waals surface area contributed by atoms with Crippen LogP contribution < -0.4 is 10.6 Å². The van der Waals surface area contributed by atoms with E-state index in [4.69, 9.17) is 16.3 Å². The fourth-order valence-corrected chi connectivity index (χ4v) is 3.05. The fourth-order valence-electron chi connectivity index (χ4n) is 2.99. The van der Waals surface area contributed by atoms with Gasteiger partial charge in [0.25, 0.3) is 0 Å². The summed E-state index contributed by atoms with van der Waals surface area (Å²) in [5.74, 6) is -0.824. The Morgan fingerprint density at radius 3 is 2.57 bits per heavy atom. The third kappa shape index (κ3) is 4.84. The zero-order valence-corrected chi connectivity index (χ0v) is 17.5. The minimum absolute atomic E-state index is 0.294. The highest BCUT2D eigenvalue weighted by molar-refractivity contribution is 6.32. The molecule has 0 spiro atoms. The number of carbonyl (C=O) groups excluding carboxylic acids is 3. The molecule has 0 unspecified atom stereocenters. The number of halogens is 1. The van der Waals surface area contributed by atoms with E-state index in [0.29, 0.717) is 29.1 Å². The van der Waals surface area contributed by atoms with E-state index in [0.717, 1.165) is 0 Å². The fraction of sp³-hybridized carbons (Fsp3) is 0.450. The molecule has 7 nitrogen and oxygen atoms in total. The summed E-state index contributed by atoms with van der Waals surface area (Å²) in [6.07, 6.45) is -0.294. The molecular formula is C20H26ClN3O4. The average Bonchev–Trinajstić information content (AvgIpc) is 2.60. The Kier molecular flexibility index (Phi) is 7.07. The van der Waals surface area contributed by atoms with Crippen LogP contribution in [0.3, 0.4) is 0 Å². The van der Waals surface area contributed by atoms with Gasteiger partial charge in [-0.25, -0.2) is 9.59 Å². The molecule has 0 fully saturated rings. The SMILES string of the molecule is CCN1C(=O)N[C@@H](c2cccc(NC(=O)[C@@H](C)Cl)c2)C(C(=O)OC(C)C)=C1C. The monoisotopic (exact) mass is 407 g/mol. The average molecular weight is 408 g/mol. The second-order valence-electron chi connectivity index (χ2n) is 6.81. The molecule has 0 aliphatic carbocycles. The molecule has 1 aliphatic rings. The standard InChI is InChI=1S/C20H26ClN3O4/c1-6-24-13(5)16(19(26)28-11(2)3)17(23-20(24)27)14-8-7-9-15(10-14)22-18(25)12(4)21/h7-12,17H,6H2,1-5H3,(H,22,25)(H,23,27)/t12-,17+/m1/s1. The summed E-state index contributed by atoms with van der Waals surface area (Å²) < 4.78 is 5.40. The molecule has 1 aromatic carbocycles. The van der Waals surface area contributed by atoms with Gasteiger partial charge in [0.05, 0.1) is 17.7 Å². The van der Waals surface area contributed by atoms with Gasteiger partial charge in [0.2, 0.25) is 5.91 Å². The molecule has 8 heteroatoms. The summed E-state index contributed by atoms with van der Waals surface area (Å²) in [7, 11) is 0. The summed E-state index contributed by atoms with van der Waals surface area (Å²) >= 11 is 5.81. The minimum atomic E-state index is -0.688. The molecule has 2 atom stereocenters. The molecule has 0 saturated heterocycles. The van der Waals surface area contributed by atoms with Crippen LogP contribution in [-0.2, 0) is 14.3 Å². The number of anilines is 1. The third-order valence-electron chi connectivity index (χ3n) is 4.32. The summed E-state index contributed by atoms with van der Waals surface area (Å²) in [5, 5.41) is 4.89. The first-order valence-electron chi connectivity index (χ1n) is 9.20. The van der Waals surface area contributed by atoms with Crippen LogP contribution in [0.15, 0.2) is 35.5 Å². The van der Waals surface area contributed by atoms with Crippen LogP contribution in [0.5, 0.6) is 0 Å². The van der Waals surface area contributed by atoms with Crippen LogP contribution in [0.2, 0.25) is 0 Å². The molecule has 0 bridgehead atoms. The molecule has 152 valence electrons. The topological polar surface area (TPSA) is 87.7 Å². The van der Waals surface area contributed by atoms with Gasteiger partial charge in [-0.3, -0.25) is 9.69 Å². The molecule has 1 aromatic rings. The molecule has 0 saturated carbocycles. The van der Waals surface area contributed by atoms with Crippen molar-refractivity contribution in [3.8, 4) is 0 Å². The lowest BCUT2D eigenvalue weighted by molar-refractivity contribution is -0.143. The lowest BCUT2D eigenvalue weighted by Crippen LogP contribution is -2.48. The van der Waals surface area contributed by atoms with Gasteiger partial charge in [-0.1, -0.05) is 12.1 Å². The van der Waals surface area contributed by atoms with E-state index in [-0.39, 0.29) is 18.0 Å². The van der Waals surface area contributed by atoms with Crippen molar-refractivity contribution in [2.75, 3.05) is 11.9 Å². The number of urea groups is 1. The van der Waals surface area contributed by atoms with E-state index >= 15 is 0 Å². The number of rotatable bonds is 6. The summed E-state index contributed by atoms with van der Waals surface area (Å²) in [4.78, 5) is 38.7. The van der Waals surface area contributed by atoms with E-state index in [1.54, 1.807) is 52.0 Å². The zero-order valence-electron chi connectivity index (χ0n) is 16.7. The molecular weight excluding hydrogens is 382 g/mol. The lowest BCUT2D eigenvalue weighted by Gasteiger charge is -2.35. The molecule has 3 amide bonds. The van der Waals surface area contributed by atoms with Crippen LogP contribution >= 0.6 is 11.6 Å². The van der Waals surface area contributed by atoms with E-state index in [1.165, 1.54) is 4.90 Å². The second kappa shape index (κ2) is 9.10. The molecule has 1 aliphatic heterocycles. The Labute approximate surface area is 170 Å². The van der Waals surface area contributed by atoms with Gasteiger partial charge in [0.15, 0.2) is 0 Å². The Bertz CT molecular complexity index is 804. The van der Waals surface area contributed by atoms with Crippen molar-refractivity contribution in [2.24, 2.45) is 0 Å². The van der Waals surface area contributed by atoms with Gasteiger partial charge in [-0.15, -0.1) is 11.6 Å². The van der Waals surface area contributed by atoms with E-state index in [2.05, 4.69) is 10.6 Å². The van der Waals surface area contributed by atoms with Crippen molar-refractivity contribution in [2.45, 2.75) is 52.1 Å². The maximum absolute atomic E-state index is 12.8. The number of alkyl halides is 1. The first-order valence-corrected chi connectivity index (χ1v) is 9.64. The molecule has 0 aromatic heterocycles. The smallest absolute Gasteiger partial charge is 0.338 e. The highest BCUT2D eigenvalue weighted by Gasteiger charge is 2.36. The number of carbonyl (C=O) groups is 3. The molecule has 2 rings (SSSR count). The number of esters is 1. The summed E-state index contributed by atoms with van der Waals surface area (Å²) in [6, 6.07) is 5.96. The Morgan fingerprint density at radius 1 is 1.32 bits per heavy atom. The Balaban J connectivity index is 2.46. The number of amides is 3. The van der Waals surface area contributed by atoms with Crippen LogP contribution in [0.25, 0.3) is 0 Å². The maximum atomic E-state index is 12.8. The second-order valence-corrected chi connectivity index (χ2v) is 7.47. The van der Waals surface area contributed by atoms with Gasteiger partial charge < -0.3 is 15.4 Å². The largest absolute Gasteiger partial charge is 0.459 e. The first-order chi connectivity index (χ1) is 13.1. The molecule has 2 N–H and O–H groups in total. The number of allylic oxidation sites excluding steroid dienone is 1. The molecule has 0 radical (unpaired) electrons. The van der Waals surface area contributed by atoms with Crippen LogP contribution in [0, 0.1) is 0 Å². The summed E-state index contributed by atoms with van der Waals surface area (Å²) in [6.45, 7) is 9.10. The number of hydrogen-bond acceptors (Lipinski definition) is 4. The predicted molar refractivity (Wildman–Crippen MR) is 108 cm³/mol. The van der Waals surface area contributed by atoms with Gasteiger partial charge in [-0.2, -0.15) is 0 Å². The molecule has 1 heterocycles. The normalized spacial score (nSPS) is 18.0. The quantitative estimate of drug-likeness (QED) is 0.557.